The summed E-state index contributed by atoms with van der Waals surface area (Å²) in [5, 5.41) is 15.3. The molecule has 0 saturated carbocycles. The van der Waals surface area contributed by atoms with Gasteiger partial charge in [-0.3, -0.25) is 19.9 Å². The Morgan fingerprint density at radius 1 is 1.16 bits per heavy atom. The van der Waals surface area contributed by atoms with Crippen molar-refractivity contribution >= 4 is 11.8 Å². The van der Waals surface area contributed by atoms with Crippen LogP contribution in [-0.4, -0.2) is 74.9 Å². The summed E-state index contributed by atoms with van der Waals surface area (Å²) in [6.07, 6.45) is 4.86. The second-order valence-electron chi connectivity index (χ2n) is 9.44. The number of rotatable bonds is 8. The first kappa shape index (κ1) is 25.6. The number of hydrogen-bond acceptors (Lipinski definition) is 6. The van der Waals surface area contributed by atoms with E-state index in [1.807, 2.05) is 50.5 Å². The molecular weight excluding hydrogens is 487 g/mol. The van der Waals surface area contributed by atoms with E-state index in [4.69, 9.17) is 9.84 Å². The Labute approximate surface area is 220 Å². The van der Waals surface area contributed by atoms with Gasteiger partial charge in [-0.05, 0) is 31.2 Å². The first-order valence-corrected chi connectivity index (χ1v) is 12.5. The van der Waals surface area contributed by atoms with E-state index < -0.39 is 0 Å². The Bertz CT molecular complexity index is 1390. The highest BCUT2D eigenvalue weighted by atomic mass is 19.1. The number of benzene rings is 1. The van der Waals surface area contributed by atoms with E-state index in [0.717, 1.165) is 34.7 Å². The van der Waals surface area contributed by atoms with Crippen LogP contribution in [0.5, 0.6) is 0 Å². The Morgan fingerprint density at radius 3 is 2.66 bits per heavy atom. The first-order chi connectivity index (χ1) is 18.4. The number of methoxy groups -OCH3 is 1. The molecule has 1 aliphatic rings. The molecule has 5 rings (SSSR count). The maximum Gasteiger partial charge on any atom is 0.320 e. The molecule has 4 heterocycles. The molecule has 38 heavy (non-hydrogen) atoms. The largest absolute Gasteiger partial charge is 0.383 e. The molecule has 0 aliphatic carbocycles. The van der Waals surface area contributed by atoms with Gasteiger partial charge in [0.05, 0.1) is 30.7 Å². The summed E-state index contributed by atoms with van der Waals surface area (Å²) in [5.74, 6) is 0.0850. The smallest absolute Gasteiger partial charge is 0.320 e. The third-order valence-electron chi connectivity index (χ3n) is 6.79. The number of nitrogens with one attached hydrogen (secondary N) is 2. The van der Waals surface area contributed by atoms with Crippen LogP contribution in [0.25, 0.3) is 16.9 Å². The fourth-order valence-electron chi connectivity index (χ4n) is 4.87. The molecule has 1 aliphatic heterocycles. The number of ether oxygens (including phenoxy) is 1. The lowest BCUT2D eigenvalue weighted by molar-refractivity contribution is 0.159. The minimum Gasteiger partial charge on any atom is -0.383 e. The van der Waals surface area contributed by atoms with Crippen LogP contribution in [0.2, 0.25) is 0 Å². The van der Waals surface area contributed by atoms with Crippen molar-refractivity contribution in [1.82, 2.24) is 34.8 Å². The zero-order chi connectivity index (χ0) is 26.6. The molecule has 4 aromatic rings. The van der Waals surface area contributed by atoms with E-state index in [0.29, 0.717) is 25.5 Å². The summed E-state index contributed by atoms with van der Waals surface area (Å²) < 4.78 is 22.2. The minimum absolute atomic E-state index is 0.0932. The van der Waals surface area contributed by atoms with Crippen LogP contribution < -0.4 is 10.6 Å². The number of carbonyl (C=O) groups excluding carboxylic acids is 1. The Morgan fingerprint density at radius 2 is 1.97 bits per heavy atom. The van der Waals surface area contributed by atoms with E-state index >= 15 is 0 Å². The fourth-order valence-corrected chi connectivity index (χ4v) is 4.87. The number of likely N-dealkylation sites (tertiary alicyclic amines) is 1. The topological polar surface area (TPSA) is 102 Å². The van der Waals surface area contributed by atoms with Gasteiger partial charge >= 0.3 is 6.03 Å². The summed E-state index contributed by atoms with van der Waals surface area (Å²) in [4.78, 5) is 19.9. The number of anilines is 1. The standard InChI is InChI=1S/C27H31FN8O2/c1-18-25(19-13-30-34(2)15-19)33-36(21-7-5-4-6-8-21)26(18)32-27(37)31-24-17-35(11-12-38-3)16-22(24)23-10-9-20(28)14-29-23/h4-10,13-15,22,24H,11-12,16-17H2,1-3H3,(H2,31,32,37)/t22-,24+/m1/s1. The summed E-state index contributed by atoms with van der Waals surface area (Å²) in [7, 11) is 3.51. The first-order valence-electron chi connectivity index (χ1n) is 12.5. The van der Waals surface area contributed by atoms with Crippen LogP contribution in [0.4, 0.5) is 15.0 Å². The van der Waals surface area contributed by atoms with Gasteiger partial charge in [0.15, 0.2) is 0 Å². The molecule has 0 spiro atoms. The van der Waals surface area contributed by atoms with Gasteiger partial charge in [0.1, 0.15) is 17.3 Å². The molecule has 2 amide bonds. The van der Waals surface area contributed by atoms with Crippen molar-refractivity contribution in [3.8, 4) is 16.9 Å². The normalized spacial score (nSPS) is 17.6. The summed E-state index contributed by atoms with van der Waals surface area (Å²) in [6.45, 7) is 4.53. The third kappa shape index (κ3) is 5.43. The minimum atomic E-state index is -0.390. The monoisotopic (exact) mass is 518 g/mol. The molecule has 1 fully saturated rings. The molecule has 2 N–H and O–H groups in total. The number of aromatic nitrogens is 5. The zero-order valence-corrected chi connectivity index (χ0v) is 21.6. The van der Waals surface area contributed by atoms with Gasteiger partial charge in [0, 0.05) is 62.7 Å². The van der Waals surface area contributed by atoms with Gasteiger partial charge < -0.3 is 10.1 Å². The lowest BCUT2D eigenvalue weighted by Gasteiger charge is -2.20. The van der Waals surface area contributed by atoms with Gasteiger partial charge in [-0.25, -0.2) is 13.9 Å². The molecule has 1 aromatic carbocycles. The number of nitrogens with zero attached hydrogens (tertiary/aromatic N) is 6. The van der Waals surface area contributed by atoms with Crippen LogP contribution in [0.3, 0.4) is 0 Å². The highest BCUT2D eigenvalue weighted by molar-refractivity contribution is 5.91. The van der Waals surface area contributed by atoms with Crippen LogP contribution >= 0.6 is 0 Å². The van der Waals surface area contributed by atoms with E-state index in [9.17, 15) is 9.18 Å². The van der Waals surface area contributed by atoms with E-state index in [-0.39, 0.29) is 23.8 Å². The quantitative estimate of drug-likeness (QED) is 0.371. The lowest BCUT2D eigenvalue weighted by Crippen LogP contribution is -2.42. The number of carbonyl (C=O) groups is 1. The van der Waals surface area contributed by atoms with Crippen molar-refractivity contribution in [1.29, 1.82) is 0 Å². The molecule has 0 unspecified atom stereocenters. The predicted molar refractivity (Wildman–Crippen MR) is 142 cm³/mol. The Balaban J connectivity index is 1.41. The van der Waals surface area contributed by atoms with Crippen LogP contribution in [-0.2, 0) is 11.8 Å². The molecule has 198 valence electrons. The number of aryl methyl sites for hydroxylation is 1. The summed E-state index contributed by atoms with van der Waals surface area (Å²) >= 11 is 0. The maximum atomic E-state index is 13.5. The number of pyridine rings is 1. The molecule has 11 heteroatoms. The van der Waals surface area contributed by atoms with Crippen molar-refractivity contribution in [2.24, 2.45) is 7.05 Å². The Hall–Kier alpha value is -4.09. The molecule has 10 nitrogen and oxygen atoms in total. The highest BCUT2D eigenvalue weighted by Crippen LogP contribution is 2.31. The predicted octanol–water partition coefficient (Wildman–Crippen LogP) is 3.35. The van der Waals surface area contributed by atoms with Crippen molar-refractivity contribution in [3.63, 3.8) is 0 Å². The van der Waals surface area contributed by atoms with Crippen molar-refractivity contribution in [2.75, 3.05) is 38.7 Å². The van der Waals surface area contributed by atoms with Crippen molar-refractivity contribution in [2.45, 2.75) is 18.9 Å². The molecular formula is C27H31FN8O2. The molecule has 0 radical (unpaired) electrons. The maximum absolute atomic E-state index is 13.5. The summed E-state index contributed by atoms with van der Waals surface area (Å²) in [6, 6.07) is 12.2. The van der Waals surface area contributed by atoms with Crippen LogP contribution in [0.15, 0.2) is 61.1 Å². The SMILES string of the molecule is COCCN1C[C@H](NC(=O)Nc2c(C)c(-c3cnn(C)c3)nn2-c2ccccc2)[C@@H](c2ccc(F)cn2)C1. The Kier molecular flexibility index (Phi) is 7.47. The van der Waals surface area contributed by atoms with E-state index in [1.54, 1.807) is 28.7 Å². The number of amides is 2. The third-order valence-corrected chi connectivity index (χ3v) is 6.79. The van der Waals surface area contributed by atoms with Gasteiger partial charge in [-0.1, -0.05) is 18.2 Å². The van der Waals surface area contributed by atoms with E-state index in [1.165, 1.54) is 12.3 Å². The van der Waals surface area contributed by atoms with Gasteiger partial charge in [-0.15, -0.1) is 0 Å². The number of hydrogen-bond donors (Lipinski definition) is 2. The van der Waals surface area contributed by atoms with E-state index in [2.05, 4.69) is 25.6 Å². The van der Waals surface area contributed by atoms with Crippen molar-refractivity contribution < 1.29 is 13.9 Å². The highest BCUT2D eigenvalue weighted by Gasteiger charge is 2.36. The zero-order valence-electron chi connectivity index (χ0n) is 21.6. The fraction of sp³-hybridized carbons (Fsp3) is 0.333. The number of halogens is 1. The lowest BCUT2D eigenvalue weighted by atomic mass is 9.99. The molecule has 2 atom stereocenters. The average Bonchev–Trinajstić information content (AvgIpc) is 3.61. The average molecular weight is 519 g/mol. The molecule has 3 aromatic heterocycles. The van der Waals surface area contributed by atoms with Gasteiger partial charge in [0.2, 0.25) is 0 Å². The number of para-hydroxylation sites is 1. The molecule has 0 bridgehead atoms. The van der Waals surface area contributed by atoms with Crippen LogP contribution in [0, 0.1) is 12.7 Å². The number of urea groups is 1. The van der Waals surface area contributed by atoms with Crippen LogP contribution in [0.1, 0.15) is 17.2 Å². The van der Waals surface area contributed by atoms with Gasteiger partial charge in [-0.2, -0.15) is 10.2 Å². The summed E-state index contributed by atoms with van der Waals surface area (Å²) in [5.41, 5.74) is 3.97. The second-order valence-corrected chi connectivity index (χ2v) is 9.44. The van der Waals surface area contributed by atoms with Gasteiger partial charge in [0.25, 0.3) is 0 Å². The van der Waals surface area contributed by atoms with Crippen molar-refractivity contribution in [3.05, 3.63) is 78.1 Å². The molecule has 1 saturated heterocycles. The second kappa shape index (κ2) is 11.1.